The zero-order chi connectivity index (χ0) is 11.5. The molecule has 0 aliphatic heterocycles. The van der Waals surface area contributed by atoms with E-state index in [2.05, 4.69) is 15.3 Å². The Morgan fingerprint density at radius 1 is 1.19 bits per heavy atom. The van der Waals surface area contributed by atoms with Gasteiger partial charge < -0.3 is 5.32 Å². The SMILES string of the molecule is CNc1nccnc1-c1cc(F)ccc1C. The minimum atomic E-state index is -0.270. The van der Waals surface area contributed by atoms with Crippen LogP contribution in [-0.4, -0.2) is 17.0 Å². The molecule has 3 nitrogen and oxygen atoms in total. The molecule has 1 heterocycles. The number of hydrogen-bond donors (Lipinski definition) is 1. The van der Waals surface area contributed by atoms with Gasteiger partial charge in [-0.2, -0.15) is 0 Å². The van der Waals surface area contributed by atoms with Crippen LogP contribution < -0.4 is 5.32 Å². The maximum atomic E-state index is 13.2. The van der Waals surface area contributed by atoms with Gasteiger partial charge in [0.1, 0.15) is 11.5 Å². The minimum Gasteiger partial charge on any atom is -0.371 e. The Morgan fingerprint density at radius 2 is 1.94 bits per heavy atom. The van der Waals surface area contributed by atoms with E-state index in [4.69, 9.17) is 0 Å². The van der Waals surface area contributed by atoms with Crippen molar-refractivity contribution in [2.45, 2.75) is 6.92 Å². The van der Waals surface area contributed by atoms with Crippen LogP contribution >= 0.6 is 0 Å². The third kappa shape index (κ3) is 1.86. The predicted molar refractivity (Wildman–Crippen MR) is 61.7 cm³/mol. The van der Waals surface area contributed by atoms with E-state index in [1.54, 1.807) is 25.5 Å². The molecule has 16 heavy (non-hydrogen) atoms. The summed E-state index contributed by atoms with van der Waals surface area (Å²) < 4.78 is 13.2. The van der Waals surface area contributed by atoms with Crippen LogP contribution in [0.15, 0.2) is 30.6 Å². The first-order chi connectivity index (χ1) is 7.72. The number of hydrogen-bond acceptors (Lipinski definition) is 3. The average molecular weight is 217 g/mol. The largest absolute Gasteiger partial charge is 0.371 e. The molecule has 2 aromatic rings. The standard InChI is InChI=1S/C12H12FN3/c1-8-3-4-9(13)7-10(8)11-12(14-2)16-6-5-15-11/h3-7H,1-2H3,(H,14,16). The summed E-state index contributed by atoms with van der Waals surface area (Å²) in [5, 5.41) is 2.94. The molecule has 1 aromatic carbocycles. The van der Waals surface area contributed by atoms with Gasteiger partial charge in [0.15, 0.2) is 5.82 Å². The van der Waals surface area contributed by atoms with Gasteiger partial charge in [-0.25, -0.2) is 9.37 Å². The number of nitrogens with one attached hydrogen (secondary N) is 1. The maximum Gasteiger partial charge on any atom is 0.152 e. The first kappa shape index (κ1) is 10.5. The van der Waals surface area contributed by atoms with Crippen LogP contribution in [-0.2, 0) is 0 Å². The molecule has 4 heteroatoms. The molecule has 0 fully saturated rings. The van der Waals surface area contributed by atoms with E-state index in [0.29, 0.717) is 11.5 Å². The Labute approximate surface area is 93.4 Å². The second kappa shape index (κ2) is 4.26. The highest BCUT2D eigenvalue weighted by molar-refractivity contribution is 5.73. The minimum absolute atomic E-state index is 0.270. The van der Waals surface area contributed by atoms with Gasteiger partial charge in [-0.1, -0.05) is 6.07 Å². The molecule has 0 unspecified atom stereocenters. The van der Waals surface area contributed by atoms with E-state index in [1.807, 2.05) is 6.92 Å². The van der Waals surface area contributed by atoms with Crippen molar-refractivity contribution in [3.63, 3.8) is 0 Å². The highest BCUT2D eigenvalue weighted by Crippen LogP contribution is 2.26. The van der Waals surface area contributed by atoms with Crippen LogP contribution in [0, 0.1) is 12.7 Å². The second-order valence-corrected chi connectivity index (χ2v) is 3.46. The number of nitrogens with zero attached hydrogens (tertiary/aromatic N) is 2. The van der Waals surface area contributed by atoms with Crippen molar-refractivity contribution in [3.05, 3.63) is 42.0 Å². The lowest BCUT2D eigenvalue weighted by atomic mass is 10.1. The Morgan fingerprint density at radius 3 is 2.69 bits per heavy atom. The Kier molecular flexibility index (Phi) is 2.81. The van der Waals surface area contributed by atoms with E-state index < -0.39 is 0 Å². The van der Waals surface area contributed by atoms with E-state index in [1.165, 1.54) is 12.1 Å². The van der Waals surface area contributed by atoms with Crippen LogP contribution in [0.3, 0.4) is 0 Å². The number of halogens is 1. The molecular weight excluding hydrogens is 205 g/mol. The summed E-state index contributed by atoms with van der Waals surface area (Å²) in [6.07, 6.45) is 3.20. The number of aromatic nitrogens is 2. The maximum absolute atomic E-state index is 13.2. The molecule has 0 amide bonds. The quantitative estimate of drug-likeness (QED) is 0.840. The van der Waals surface area contributed by atoms with Crippen LogP contribution in [0.25, 0.3) is 11.3 Å². The monoisotopic (exact) mass is 217 g/mol. The zero-order valence-corrected chi connectivity index (χ0v) is 9.16. The summed E-state index contributed by atoms with van der Waals surface area (Å²) in [5.41, 5.74) is 2.40. The fourth-order valence-corrected chi connectivity index (χ4v) is 1.57. The zero-order valence-electron chi connectivity index (χ0n) is 9.16. The van der Waals surface area contributed by atoms with E-state index in [-0.39, 0.29) is 5.82 Å². The average Bonchev–Trinajstić information content (AvgIpc) is 2.32. The Hall–Kier alpha value is -1.97. The van der Waals surface area contributed by atoms with E-state index >= 15 is 0 Å². The molecule has 0 aliphatic carbocycles. The number of rotatable bonds is 2. The van der Waals surface area contributed by atoms with Crippen LogP contribution in [0.1, 0.15) is 5.56 Å². The summed E-state index contributed by atoms with van der Waals surface area (Å²) in [6.45, 7) is 1.92. The van der Waals surface area contributed by atoms with Crippen molar-refractivity contribution < 1.29 is 4.39 Å². The van der Waals surface area contributed by atoms with Gasteiger partial charge in [0.25, 0.3) is 0 Å². The number of aryl methyl sites for hydroxylation is 1. The molecule has 0 spiro atoms. The molecule has 0 atom stereocenters. The summed E-state index contributed by atoms with van der Waals surface area (Å²) >= 11 is 0. The third-order valence-corrected chi connectivity index (χ3v) is 2.39. The summed E-state index contributed by atoms with van der Waals surface area (Å²) in [4.78, 5) is 8.38. The van der Waals surface area contributed by atoms with Gasteiger partial charge in [-0.05, 0) is 24.6 Å². The molecule has 82 valence electrons. The van der Waals surface area contributed by atoms with Crippen molar-refractivity contribution in [1.82, 2.24) is 9.97 Å². The summed E-state index contributed by atoms with van der Waals surface area (Å²) in [7, 11) is 1.77. The number of anilines is 1. The van der Waals surface area contributed by atoms with E-state index in [9.17, 15) is 4.39 Å². The lowest BCUT2D eigenvalue weighted by Crippen LogP contribution is -1.98. The van der Waals surface area contributed by atoms with Crippen molar-refractivity contribution in [2.24, 2.45) is 0 Å². The number of benzene rings is 1. The fourth-order valence-electron chi connectivity index (χ4n) is 1.57. The third-order valence-electron chi connectivity index (χ3n) is 2.39. The molecule has 0 saturated heterocycles. The van der Waals surface area contributed by atoms with E-state index in [0.717, 1.165) is 11.1 Å². The van der Waals surface area contributed by atoms with Gasteiger partial charge in [0.2, 0.25) is 0 Å². The highest BCUT2D eigenvalue weighted by atomic mass is 19.1. The lowest BCUT2D eigenvalue weighted by molar-refractivity contribution is 0.628. The van der Waals surface area contributed by atoms with Gasteiger partial charge >= 0.3 is 0 Å². The summed E-state index contributed by atoms with van der Waals surface area (Å²) in [6, 6.07) is 4.65. The summed E-state index contributed by atoms with van der Waals surface area (Å²) in [5.74, 6) is 0.379. The van der Waals surface area contributed by atoms with Gasteiger partial charge in [0.05, 0.1) is 0 Å². The lowest BCUT2D eigenvalue weighted by Gasteiger charge is -2.09. The molecule has 0 saturated carbocycles. The molecule has 1 N–H and O–H groups in total. The smallest absolute Gasteiger partial charge is 0.152 e. The normalized spacial score (nSPS) is 10.2. The van der Waals surface area contributed by atoms with Gasteiger partial charge in [0, 0.05) is 25.0 Å². The topological polar surface area (TPSA) is 37.8 Å². The molecule has 1 aromatic heterocycles. The molecule has 2 rings (SSSR count). The highest BCUT2D eigenvalue weighted by Gasteiger charge is 2.09. The molecule has 0 bridgehead atoms. The van der Waals surface area contributed by atoms with Crippen LogP contribution in [0.5, 0.6) is 0 Å². The van der Waals surface area contributed by atoms with Crippen LogP contribution in [0.4, 0.5) is 10.2 Å². The molecule has 0 radical (unpaired) electrons. The van der Waals surface area contributed by atoms with Crippen molar-refractivity contribution in [2.75, 3.05) is 12.4 Å². The molecule has 0 aliphatic rings. The van der Waals surface area contributed by atoms with Crippen molar-refractivity contribution in [3.8, 4) is 11.3 Å². The van der Waals surface area contributed by atoms with Crippen molar-refractivity contribution >= 4 is 5.82 Å². The van der Waals surface area contributed by atoms with Crippen molar-refractivity contribution in [1.29, 1.82) is 0 Å². The second-order valence-electron chi connectivity index (χ2n) is 3.46. The first-order valence-electron chi connectivity index (χ1n) is 4.97. The predicted octanol–water partition coefficient (Wildman–Crippen LogP) is 2.63. The van der Waals surface area contributed by atoms with Gasteiger partial charge in [-0.15, -0.1) is 0 Å². The Bertz CT molecular complexity index is 511. The Balaban J connectivity index is 2.62. The first-order valence-corrected chi connectivity index (χ1v) is 4.97. The van der Waals surface area contributed by atoms with Gasteiger partial charge in [-0.3, -0.25) is 4.98 Å². The molecular formula is C12H12FN3. The fraction of sp³-hybridized carbons (Fsp3) is 0.167. The van der Waals surface area contributed by atoms with Crippen LogP contribution in [0.2, 0.25) is 0 Å².